The maximum Gasteiger partial charge on any atom is 0.411 e. The van der Waals surface area contributed by atoms with Crippen molar-refractivity contribution in [2.75, 3.05) is 6.61 Å². The second-order valence-electron chi connectivity index (χ2n) is 5.49. The van der Waals surface area contributed by atoms with Gasteiger partial charge in [-0.25, -0.2) is 4.79 Å². The van der Waals surface area contributed by atoms with Crippen LogP contribution in [0.25, 0.3) is 0 Å². The first kappa shape index (κ1) is 11.5. The van der Waals surface area contributed by atoms with Gasteiger partial charge in [0.25, 0.3) is 0 Å². The van der Waals surface area contributed by atoms with Crippen molar-refractivity contribution < 1.29 is 14.6 Å². The molecule has 1 amide bonds. The summed E-state index contributed by atoms with van der Waals surface area (Å²) < 4.78 is 5.35. The molecule has 1 saturated heterocycles. The minimum absolute atomic E-state index is 0.00471. The maximum atomic E-state index is 12.0. The number of fused-ring (bicyclic) bond motifs is 2. The van der Waals surface area contributed by atoms with Crippen LogP contribution in [0.5, 0.6) is 0 Å². The summed E-state index contributed by atoms with van der Waals surface area (Å²) in [5.41, 5.74) is -0.483. The predicted octanol–water partition coefficient (Wildman–Crippen LogP) is 1.54. The standard InChI is InChI=1S/C12H19NO3/c1-12(2,3)16-11(15)13-9-5-4-8(6-9)10(13)7-14/h4-5,8-10,14H,6-7H2,1-3H3/t8-,9+,10-/m0/s1. The Morgan fingerprint density at radius 2 is 2.19 bits per heavy atom. The zero-order valence-electron chi connectivity index (χ0n) is 10.0. The van der Waals surface area contributed by atoms with E-state index in [1.54, 1.807) is 4.90 Å². The van der Waals surface area contributed by atoms with Gasteiger partial charge >= 0.3 is 6.09 Å². The van der Waals surface area contributed by atoms with Crippen molar-refractivity contribution in [1.29, 1.82) is 0 Å². The predicted molar refractivity (Wildman–Crippen MR) is 60.0 cm³/mol. The Morgan fingerprint density at radius 1 is 1.50 bits per heavy atom. The molecule has 1 fully saturated rings. The van der Waals surface area contributed by atoms with Gasteiger partial charge in [-0.1, -0.05) is 12.2 Å². The molecule has 2 rings (SSSR count). The van der Waals surface area contributed by atoms with E-state index < -0.39 is 5.60 Å². The summed E-state index contributed by atoms with van der Waals surface area (Å²) in [7, 11) is 0. The van der Waals surface area contributed by atoms with Crippen molar-refractivity contribution in [2.24, 2.45) is 5.92 Å². The number of amides is 1. The van der Waals surface area contributed by atoms with Crippen LogP contribution in [0.1, 0.15) is 27.2 Å². The van der Waals surface area contributed by atoms with E-state index in [2.05, 4.69) is 6.08 Å². The van der Waals surface area contributed by atoms with Crippen molar-refractivity contribution >= 4 is 6.09 Å². The van der Waals surface area contributed by atoms with Gasteiger partial charge in [0.15, 0.2) is 0 Å². The lowest BCUT2D eigenvalue weighted by Gasteiger charge is -2.33. The third kappa shape index (κ3) is 1.94. The smallest absolute Gasteiger partial charge is 0.411 e. The minimum atomic E-state index is -0.483. The number of hydrogen-bond acceptors (Lipinski definition) is 3. The van der Waals surface area contributed by atoms with E-state index in [4.69, 9.17) is 4.74 Å². The van der Waals surface area contributed by atoms with Crippen LogP contribution in [0.4, 0.5) is 4.79 Å². The van der Waals surface area contributed by atoms with Crippen LogP contribution in [0.15, 0.2) is 12.2 Å². The van der Waals surface area contributed by atoms with Crippen molar-refractivity contribution in [3.05, 3.63) is 12.2 Å². The van der Waals surface area contributed by atoms with Gasteiger partial charge in [0.2, 0.25) is 0 Å². The average Bonchev–Trinajstić information content (AvgIpc) is 2.72. The molecule has 0 radical (unpaired) electrons. The fraction of sp³-hybridized carbons (Fsp3) is 0.750. The van der Waals surface area contributed by atoms with E-state index in [1.165, 1.54) is 0 Å². The van der Waals surface area contributed by atoms with Crippen LogP contribution in [0.2, 0.25) is 0 Å². The van der Waals surface area contributed by atoms with Crippen LogP contribution in [-0.4, -0.2) is 40.4 Å². The lowest BCUT2D eigenvalue weighted by molar-refractivity contribution is 0.00967. The summed E-state index contributed by atoms with van der Waals surface area (Å²) in [5, 5.41) is 9.32. The Bertz CT molecular complexity index is 319. The fourth-order valence-corrected chi connectivity index (χ4v) is 2.46. The van der Waals surface area contributed by atoms with Gasteiger partial charge in [0.1, 0.15) is 5.60 Å². The van der Waals surface area contributed by atoms with Gasteiger partial charge in [0, 0.05) is 5.92 Å². The number of aliphatic hydroxyl groups is 1. The van der Waals surface area contributed by atoms with Crippen molar-refractivity contribution in [3.8, 4) is 0 Å². The third-order valence-corrected chi connectivity index (χ3v) is 3.09. The molecule has 3 atom stereocenters. The van der Waals surface area contributed by atoms with E-state index >= 15 is 0 Å². The van der Waals surface area contributed by atoms with Crippen molar-refractivity contribution in [3.63, 3.8) is 0 Å². The molecule has 0 aromatic heterocycles. The molecule has 4 heteroatoms. The van der Waals surface area contributed by atoms with Gasteiger partial charge in [-0.05, 0) is 27.2 Å². The second-order valence-corrected chi connectivity index (χ2v) is 5.49. The van der Waals surface area contributed by atoms with E-state index in [9.17, 15) is 9.90 Å². The lowest BCUT2D eigenvalue weighted by Crippen LogP contribution is -2.47. The van der Waals surface area contributed by atoms with Crippen LogP contribution in [0, 0.1) is 5.92 Å². The molecule has 0 aromatic carbocycles. The Kier molecular flexibility index (Phi) is 2.70. The zero-order valence-corrected chi connectivity index (χ0v) is 10.0. The van der Waals surface area contributed by atoms with E-state index in [0.29, 0.717) is 5.92 Å². The molecule has 1 aliphatic heterocycles. The van der Waals surface area contributed by atoms with E-state index in [-0.39, 0.29) is 24.8 Å². The summed E-state index contributed by atoms with van der Waals surface area (Å²) in [6.07, 6.45) is 4.72. The first-order chi connectivity index (χ1) is 7.42. The van der Waals surface area contributed by atoms with Gasteiger partial charge in [-0.3, -0.25) is 4.90 Å². The monoisotopic (exact) mass is 225 g/mol. The molecular weight excluding hydrogens is 206 g/mol. The van der Waals surface area contributed by atoms with Crippen molar-refractivity contribution in [2.45, 2.75) is 44.9 Å². The van der Waals surface area contributed by atoms with Crippen LogP contribution < -0.4 is 0 Å². The molecule has 2 bridgehead atoms. The summed E-state index contributed by atoms with van der Waals surface area (Å²) in [5.74, 6) is 0.294. The first-order valence-corrected chi connectivity index (χ1v) is 5.73. The van der Waals surface area contributed by atoms with Crippen molar-refractivity contribution in [1.82, 2.24) is 4.90 Å². The molecule has 4 nitrogen and oxygen atoms in total. The highest BCUT2D eigenvalue weighted by atomic mass is 16.6. The summed E-state index contributed by atoms with van der Waals surface area (Å²) in [6.45, 7) is 5.56. The number of aliphatic hydroxyl groups excluding tert-OH is 1. The normalized spacial score (nSPS) is 32.2. The summed E-state index contributed by atoms with van der Waals surface area (Å²) >= 11 is 0. The second kappa shape index (κ2) is 3.77. The largest absolute Gasteiger partial charge is 0.444 e. The van der Waals surface area contributed by atoms with Gasteiger partial charge in [-0.15, -0.1) is 0 Å². The molecule has 1 N–H and O–H groups in total. The lowest BCUT2D eigenvalue weighted by atomic mass is 10.0. The highest BCUT2D eigenvalue weighted by molar-refractivity contribution is 5.70. The third-order valence-electron chi connectivity index (χ3n) is 3.09. The zero-order chi connectivity index (χ0) is 11.9. The van der Waals surface area contributed by atoms with Crippen LogP contribution in [0.3, 0.4) is 0 Å². The van der Waals surface area contributed by atoms with Gasteiger partial charge in [0.05, 0.1) is 18.7 Å². The quantitative estimate of drug-likeness (QED) is 0.689. The number of nitrogens with zero attached hydrogens (tertiary/aromatic N) is 1. The molecule has 0 spiro atoms. The topological polar surface area (TPSA) is 49.8 Å². The number of likely N-dealkylation sites (tertiary alicyclic amines) is 1. The summed E-state index contributed by atoms with van der Waals surface area (Å²) in [6, 6.07) is 0.00171. The molecule has 0 saturated carbocycles. The molecule has 1 aliphatic carbocycles. The number of ether oxygens (including phenoxy) is 1. The Labute approximate surface area is 95.9 Å². The maximum absolute atomic E-state index is 12.0. The Hall–Kier alpha value is -1.03. The van der Waals surface area contributed by atoms with E-state index in [0.717, 1.165) is 6.42 Å². The van der Waals surface area contributed by atoms with Gasteiger partial charge in [-0.2, -0.15) is 0 Å². The highest BCUT2D eigenvalue weighted by Crippen LogP contribution is 2.37. The number of carbonyl (C=O) groups excluding carboxylic acids is 1. The Morgan fingerprint density at radius 3 is 2.75 bits per heavy atom. The highest BCUT2D eigenvalue weighted by Gasteiger charge is 2.46. The minimum Gasteiger partial charge on any atom is -0.444 e. The molecule has 90 valence electrons. The molecule has 16 heavy (non-hydrogen) atoms. The molecule has 0 aromatic rings. The summed E-state index contributed by atoms with van der Waals surface area (Å²) in [4.78, 5) is 13.7. The molecule has 2 aliphatic rings. The van der Waals surface area contributed by atoms with Crippen LogP contribution >= 0.6 is 0 Å². The van der Waals surface area contributed by atoms with Gasteiger partial charge < -0.3 is 9.84 Å². The molecular formula is C12H19NO3. The number of rotatable bonds is 1. The fourth-order valence-electron chi connectivity index (χ4n) is 2.46. The number of carbonyl (C=O) groups is 1. The van der Waals surface area contributed by atoms with Crippen LogP contribution in [-0.2, 0) is 4.74 Å². The number of hydrogen-bond donors (Lipinski definition) is 1. The Balaban J connectivity index is 2.09. The molecule has 0 unspecified atom stereocenters. The SMILES string of the molecule is CC(C)(C)OC(=O)N1[C@@H]2C=C[C@@H](C2)[C@@H]1CO. The first-order valence-electron chi connectivity index (χ1n) is 5.73. The molecule has 1 heterocycles. The van der Waals surface area contributed by atoms with E-state index in [1.807, 2.05) is 26.8 Å². The average molecular weight is 225 g/mol.